The van der Waals surface area contributed by atoms with Crippen LogP contribution in [-0.2, 0) is 7.05 Å². The van der Waals surface area contributed by atoms with Gasteiger partial charge in [-0.3, -0.25) is 4.68 Å². The third-order valence-electron chi connectivity index (χ3n) is 3.18. The summed E-state index contributed by atoms with van der Waals surface area (Å²) in [5.41, 5.74) is 2.05. The molecule has 4 nitrogen and oxygen atoms in total. The van der Waals surface area contributed by atoms with Crippen LogP contribution in [0.15, 0.2) is 0 Å². The molecule has 104 valence electrons. The fraction of sp³-hybridized carbons (Fsp3) is 0.786. The molecule has 0 radical (unpaired) electrons. The van der Waals surface area contributed by atoms with Crippen molar-refractivity contribution in [2.45, 2.75) is 53.7 Å². The second-order valence-electron chi connectivity index (χ2n) is 5.59. The second-order valence-corrected chi connectivity index (χ2v) is 5.59. The molecule has 0 aliphatic heterocycles. The number of aromatic nitrogens is 2. The zero-order valence-electron chi connectivity index (χ0n) is 12.7. The summed E-state index contributed by atoms with van der Waals surface area (Å²) in [7, 11) is 1.95. The number of hydrogen-bond acceptors (Lipinski definition) is 3. The minimum absolute atomic E-state index is 0.175. The van der Waals surface area contributed by atoms with E-state index in [1.54, 1.807) is 0 Å². The van der Waals surface area contributed by atoms with Gasteiger partial charge in [-0.15, -0.1) is 0 Å². The Bertz CT molecular complexity index is 383. The van der Waals surface area contributed by atoms with Crippen molar-refractivity contribution in [1.29, 1.82) is 0 Å². The SMILES string of the molecule is Cc1nn(C)c(C)c1OC(CNC(C)C)C(C)C. The molecule has 0 fully saturated rings. The predicted octanol–water partition coefficient (Wildman–Crippen LogP) is 2.44. The summed E-state index contributed by atoms with van der Waals surface area (Å²) in [5.74, 6) is 1.40. The van der Waals surface area contributed by atoms with Crippen LogP contribution in [0.3, 0.4) is 0 Å². The van der Waals surface area contributed by atoms with E-state index in [4.69, 9.17) is 4.74 Å². The van der Waals surface area contributed by atoms with E-state index in [1.807, 2.05) is 25.6 Å². The maximum absolute atomic E-state index is 6.16. The Morgan fingerprint density at radius 3 is 2.22 bits per heavy atom. The van der Waals surface area contributed by atoms with Crippen LogP contribution in [0.4, 0.5) is 0 Å². The normalized spacial score (nSPS) is 13.4. The van der Waals surface area contributed by atoms with E-state index in [9.17, 15) is 0 Å². The van der Waals surface area contributed by atoms with Gasteiger partial charge in [0.05, 0.1) is 5.69 Å². The summed E-state index contributed by atoms with van der Waals surface area (Å²) in [6, 6.07) is 0.478. The summed E-state index contributed by atoms with van der Waals surface area (Å²) in [4.78, 5) is 0. The molecular weight excluding hydrogens is 226 g/mol. The predicted molar refractivity (Wildman–Crippen MR) is 75.1 cm³/mol. The van der Waals surface area contributed by atoms with E-state index in [2.05, 4.69) is 38.1 Å². The summed E-state index contributed by atoms with van der Waals surface area (Å²) < 4.78 is 8.04. The average Bonchev–Trinajstić information content (AvgIpc) is 2.49. The Morgan fingerprint density at radius 1 is 1.22 bits per heavy atom. The van der Waals surface area contributed by atoms with Crippen molar-refractivity contribution in [2.24, 2.45) is 13.0 Å². The van der Waals surface area contributed by atoms with E-state index >= 15 is 0 Å². The Balaban J connectivity index is 2.77. The summed E-state index contributed by atoms with van der Waals surface area (Å²) in [6.45, 7) is 13.6. The maximum atomic E-state index is 6.16. The third kappa shape index (κ3) is 3.73. The molecule has 1 heterocycles. The van der Waals surface area contributed by atoms with Gasteiger partial charge >= 0.3 is 0 Å². The van der Waals surface area contributed by atoms with Crippen molar-refractivity contribution >= 4 is 0 Å². The zero-order chi connectivity index (χ0) is 13.9. The molecule has 4 heteroatoms. The zero-order valence-corrected chi connectivity index (χ0v) is 12.7. The molecular formula is C14H27N3O. The number of ether oxygens (including phenoxy) is 1. The molecule has 0 aromatic carbocycles. The molecule has 1 aromatic heterocycles. The molecule has 18 heavy (non-hydrogen) atoms. The molecule has 0 amide bonds. The topological polar surface area (TPSA) is 39.1 Å². The molecule has 0 saturated heterocycles. The van der Waals surface area contributed by atoms with E-state index < -0.39 is 0 Å². The van der Waals surface area contributed by atoms with Crippen LogP contribution < -0.4 is 10.1 Å². The van der Waals surface area contributed by atoms with Crippen LogP contribution in [-0.4, -0.2) is 28.5 Å². The summed E-state index contributed by atoms with van der Waals surface area (Å²) >= 11 is 0. The first-order chi connectivity index (χ1) is 8.32. The second kappa shape index (κ2) is 6.23. The van der Waals surface area contributed by atoms with Crippen LogP contribution in [0.25, 0.3) is 0 Å². The highest BCUT2D eigenvalue weighted by atomic mass is 16.5. The van der Waals surface area contributed by atoms with Crippen molar-refractivity contribution in [3.8, 4) is 5.75 Å². The minimum atomic E-state index is 0.175. The lowest BCUT2D eigenvalue weighted by molar-refractivity contribution is 0.144. The highest BCUT2D eigenvalue weighted by Gasteiger charge is 2.19. The molecule has 1 N–H and O–H groups in total. The smallest absolute Gasteiger partial charge is 0.163 e. The van der Waals surface area contributed by atoms with Crippen molar-refractivity contribution in [3.05, 3.63) is 11.4 Å². The van der Waals surface area contributed by atoms with Gasteiger partial charge in [0.2, 0.25) is 0 Å². The molecule has 1 atom stereocenters. The van der Waals surface area contributed by atoms with Gasteiger partial charge in [-0.05, 0) is 19.8 Å². The lowest BCUT2D eigenvalue weighted by Gasteiger charge is -2.24. The highest BCUT2D eigenvalue weighted by molar-refractivity contribution is 5.32. The van der Waals surface area contributed by atoms with Gasteiger partial charge in [-0.25, -0.2) is 0 Å². The number of rotatable bonds is 6. The van der Waals surface area contributed by atoms with Gasteiger partial charge in [0.1, 0.15) is 11.8 Å². The fourth-order valence-corrected chi connectivity index (χ4v) is 1.84. The van der Waals surface area contributed by atoms with Crippen molar-refractivity contribution < 1.29 is 4.74 Å². The van der Waals surface area contributed by atoms with Crippen LogP contribution in [0.2, 0.25) is 0 Å². The fourth-order valence-electron chi connectivity index (χ4n) is 1.84. The molecule has 0 bridgehead atoms. The van der Waals surface area contributed by atoms with Crippen LogP contribution >= 0.6 is 0 Å². The van der Waals surface area contributed by atoms with Gasteiger partial charge in [0.25, 0.3) is 0 Å². The molecule has 1 unspecified atom stereocenters. The lowest BCUT2D eigenvalue weighted by atomic mass is 10.1. The molecule has 0 aliphatic carbocycles. The number of hydrogen-bond donors (Lipinski definition) is 1. The quantitative estimate of drug-likeness (QED) is 0.846. The first-order valence-electron chi connectivity index (χ1n) is 6.73. The van der Waals surface area contributed by atoms with Crippen molar-refractivity contribution in [1.82, 2.24) is 15.1 Å². The van der Waals surface area contributed by atoms with Crippen LogP contribution in [0, 0.1) is 19.8 Å². The van der Waals surface area contributed by atoms with Gasteiger partial charge < -0.3 is 10.1 Å². The Hall–Kier alpha value is -1.03. The Labute approximate surface area is 111 Å². The van der Waals surface area contributed by atoms with E-state index in [0.717, 1.165) is 23.7 Å². The van der Waals surface area contributed by atoms with Crippen LogP contribution in [0.1, 0.15) is 39.1 Å². The molecule has 1 aromatic rings. The van der Waals surface area contributed by atoms with Crippen molar-refractivity contribution in [2.75, 3.05) is 6.54 Å². The van der Waals surface area contributed by atoms with Crippen LogP contribution in [0.5, 0.6) is 5.75 Å². The Morgan fingerprint density at radius 2 is 1.83 bits per heavy atom. The van der Waals surface area contributed by atoms with E-state index in [0.29, 0.717) is 12.0 Å². The molecule has 0 aliphatic rings. The number of nitrogens with zero attached hydrogens (tertiary/aromatic N) is 2. The Kier molecular flexibility index (Phi) is 5.20. The first-order valence-corrected chi connectivity index (χ1v) is 6.73. The largest absolute Gasteiger partial charge is 0.485 e. The first kappa shape index (κ1) is 15.0. The lowest BCUT2D eigenvalue weighted by Crippen LogP contribution is -2.38. The average molecular weight is 253 g/mol. The van der Waals surface area contributed by atoms with Gasteiger partial charge in [0, 0.05) is 19.6 Å². The highest BCUT2D eigenvalue weighted by Crippen LogP contribution is 2.24. The molecule has 0 saturated carbocycles. The number of aryl methyl sites for hydroxylation is 2. The maximum Gasteiger partial charge on any atom is 0.163 e. The van der Waals surface area contributed by atoms with Crippen molar-refractivity contribution in [3.63, 3.8) is 0 Å². The summed E-state index contributed by atoms with van der Waals surface area (Å²) in [5, 5.41) is 7.83. The minimum Gasteiger partial charge on any atom is -0.485 e. The monoisotopic (exact) mass is 253 g/mol. The van der Waals surface area contributed by atoms with Gasteiger partial charge in [-0.1, -0.05) is 27.7 Å². The van der Waals surface area contributed by atoms with E-state index in [-0.39, 0.29) is 6.10 Å². The molecule has 0 spiro atoms. The van der Waals surface area contributed by atoms with Gasteiger partial charge in [-0.2, -0.15) is 5.10 Å². The standard InChI is InChI=1S/C14H27N3O/c1-9(2)13(8-15-10(3)4)18-14-11(5)16-17(7)12(14)6/h9-10,13,15H,8H2,1-7H3. The van der Waals surface area contributed by atoms with Gasteiger partial charge in [0.15, 0.2) is 5.75 Å². The third-order valence-corrected chi connectivity index (χ3v) is 3.18. The molecule has 1 rings (SSSR count). The van der Waals surface area contributed by atoms with E-state index in [1.165, 1.54) is 0 Å². The number of nitrogens with one attached hydrogen (secondary N) is 1. The summed E-state index contributed by atoms with van der Waals surface area (Å²) in [6.07, 6.45) is 0.175.